The van der Waals surface area contributed by atoms with E-state index >= 15 is 0 Å². The van der Waals surface area contributed by atoms with Gasteiger partial charge in [0, 0.05) is 16.8 Å². The van der Waals surface area contributed by atoms with Crippen LogP contribution in [0.2, 0.25) is 0 Å². The first-order valence-electron chi connectivity index (χ1n) is 7.09. The Hall–Kier alpha value is -2.99. The van der Waals surface area contributed by atoms with Gasteiger partial charge in [-0.3, -0.25) is 0 Å². The maximum atomic E-state index is 8.88. The fourth-order valence-electron chi connectivity index (χ4n) is 2.26. The first-order chi connectivity index (χ1) is 10.7. The molecule has 0 aliphatic heterocycles. The summed E-state index contributed by atoms with van der Waals surface area (Å²) in [6, 6.07) is 19.7. The topological polar surface area (TPSA) is 49.6 Å². The monoisotopic (exact) mass is 285 g/mol. The molecule has 2 aromatic carbocycles. The SMILES string of the molecule is Cc1ccc(-c2cc(C)nc(-c3ccc(C#N)cc3)n2)cc1. The van der Waals surface area contributed by atoms with Gasteiger partial charge < -0.3 is 0 Å². The highest BCUT2D eigenvalue weighted by Gasteiger charge is 2.07. The molecule has 0 saturated carbocycles. The lowest BCUT2D eigenvalue weighted by Crippen LogP contribution is -1.95. The van der Waals surface area contributed by atoms with E-state index in [-0.39, 0.29) is 0 Å². The van der Waals surface area contributed by atoms with Crippen LogP contribution in [0.25, 0.3) is 22.6 Å². The van der Waals surface area contributed by atoms with Gasteiger partial charge in [-0.05, 0) is 44.2 Å². The van der Waals surface area contributed by atoms with Crippen molar-refractivity contribution in [1.82, 2.24) is 9.97 Å². The maximum Gasteiger partial charge on any atom is 0.160 e. The zero-order valence-corrected chi connectivity index (χ0v) is 12.5. The summed E-state index contributed by atoms with van der Waals surface area (Å²) in [5.74, 6) is 0.681. The van der Waals surface area contributed by atoms with Crippen molar-refractivity contribution < 1.29 is 0 Å². The predicted molar refractivity (Wildman–Crippen MR) is 87.1 cm³/mol. The lowest BCUT2D eigenvalue weighted by atomic mass is 10.1. The molecule has 0 saturated heterocycles. The summed E-state index contributed by atoms with van der Waals surface area (Å²) < 4.78 is 0. The number of nitrogens with zero attached hydrogens (tertiary/aromatic N) is 3. The number of rotatable bonds is 2. The van der Waals surface area contributed by atoms with Crippen molar-refractivity contribution in [3.63, 3.8) is 0 Å². The van der Waals surface area contributed by atoms with E-state index in [0.717, 1.165) is 22.5 Å². The molecule has 0 fully saturated rings. The van der Waals surface area contributed by atoms with Gasteiger partial charge in [0.25, 0.3) is 0 Å². The summed E-state index contributed by atoms with van der Waals surface area (Å²) in [7, 11) is 0. The summed E-state index contributed by atoms with van der Waals surface area (Å²) in [6.07, 6.45) is 0. The molecule has 3 heteroatoms. The van der Waals surface area contributed by atoms with E-state index in [1.807, 2.05) is 25.1 Å². The van der Waals surface area contributed by atoms with Crippen molar-refractivity contribution in [1.29, 1.82) is 5.26 Å². The molecular formula is C19H15N3. The third kappa shape index (κ3) is 2.87. The van der Waals surface area contributed by atoms with Gasteiger partial charge in [0.05, 0.1) is 17.3 Å². The Bertz CT molecular complexity index is 841. The number of aromatic nitrogens is 2. The summed E-state index contributed by atoms with van der Waals surface area (Å²) >= 11 is 0. The standard InChI is InChI=1S/C19H15N3/c1-13-3-7-16(8-4-13)18-11-14(2)21-19(22-18)17-9-5-15(12-20)6-10-17/h3-11H,1-2H3. The Morgan fingerprint density at radius 3 is 2.09 bits per heavy atom. The first-order valence-corrected chi connectivity index (χ1v) is 7.09. The second kappa shape index (κ2) is 5.79. The zero-order valence-electron chi connectivity index (χ0n) is 12.5. The van der Waals surface area contributed by atoms with Crippen molar-refractivity contribution in [2.24, 2.45) is 0 Å². The molecule has 1 heterocycles. The number of aryl methyl sites for hydroxylation is 2. The minimum Gasteiger partial charge on any atom is -0.233 e. The Morgan fingerprint density at radius 1 is 0.818 bits per heavy atom. The molecule has 0 unspecified atom stereocenters. The van der Waals surface area contributed by atoms with Crippen LogP contribution in [-0.2, 0) is 0 Å². The van der Waals surface area contributed by atoms with E-state index in [2.05, 4.69) is 47.2 Å². The predicted octanol–water partition coefficient (Wildman–Crippen LogP) is 4.30. The Balaban J connectivity index is 2.06. The largest absolute Gasteiger partial charge is 0.233 e. The molecule has 106 valence electrons. The lowest BCUT2D eigenvalue weighted by molar-refractivity contribution is 1.11. The van der Waals surface area contributed by atoms with Gasteiger partial charge in [0.15, 0.2) is 5.82 Å². The summed E-state index contributed by atoms with van der Waals surface area (Å²) in [5, 5.41) is 8.88. The van der Waals surface area contributed by atoms with Crippen LogP contribution in [0.4, 0.5) is 0 Å². The lowest BCUT2D eigenvalue weighted by Gasteiger charge is -2.07. The van der Waals surface area contributed by atoms with Crippen LogP contribution in [0, 0.1) is 25.2 Å². The molecule has 0 radical (unpaired) electrons. The summed E-state index contributed by atoms with van der Waals surface area (Å²) in [6.45, 7) is 4.03. The summed E-state index contributed by atoms with van der Waals surface area (Å²) in [5.41, 5.74) is 5.68. The van der Waals surface area contributed by atoms with Gasteiger partial charge in [0.2, 0.25) is 0 Å². The van der Waals surface area contributed by atoms with Gasteiger partial charge >= 0.3 is 0 Å². The molecule has 3 nitrogen and oxygen atoms in total. The quantitative estimate of drug-likeness (QED) is 0.705. The van der Waals surface area contributed by atoms with Crippen LogP contribution in [-0.4, -0.2) is 9.97 Å². The van der Waals surface area contributed by atoms with Crippen molar-refractivity contribution in [2.45, 2.75) is 13.8 Å². The number of hydrogen-bond acceptors (Lipinski definition) is 3. The summed E-state index contributed by atoms with van der Waals surface area (Å²) in [4.78, 5) is 9.17. The first kappa shape index (κ1) is 14.0. The van der Waals surface area contributed by atoms with E-state index in [0.29, 0.717) is 11.4 Å². The van der Waals surface area contributed by atoms with E-state index in [1.165, 1.54) is 5.56 Å². The van der Waals surface area contributed by atoms with Crippen LogP contribution >= 0.6 is 0 Å². The molecule has 0 spiro atoms. The van der Waals surface area contributed by atoms with Crippen LogP contribution in [0.3, 0.4) is 0 Å². The minimum atomic E-state index is 0.634. The Morgan fingerprint density at radius 2 is 1.45 bits per heavy atom. The highest BCUT2D eigenvalue weighted by atomic mass is 14.9. The maximum absolute atomic E-state index is 8.88. The van der Waals surface area contributed by atoms with E-state index in [4.69, 9.17) is 5.26 Å². The Labute approximate surface area is 129 Å². The number of benzene rings is 2. The highest BCUT2D eigenvalue weighted by molar-refractivity contribution is 5.64. The molecule has 0 aliphatic carbocycles. The third-order valence-electron chi connectivity index (χ3n) is 3.47. The fourth-order valence-corrected chi connectivity index (χ4v) is 2.26. The third-order valence-corrected chi connectivity index (χ3v) is 3.47. The van der Waals surface area contributed by atoms with Gasteiger partial charge in [-0.1, -0.05) is 29.8 Å². The number of hydrogen-bond donors (Lipinski definition) is 0. The van der Waals surface area contributed by atoms with Crippen molar-refractivity contribution in [3.05, 3.63) is 71.4 Å². The van der Waals surface area contributed by atoms with Gasteiger partial charge in [0.1, 0.15) is 0 Å². The van der Waals surface area contributed by atoms with Crippen LogP contribution in [0.1, 0.15) is 16.8 Å². The van der Waals surface area contributed by atoms with Crippen molar-refractivity contribution in [3.8, 4) is 28.7 Å². The zero-order chi connectivity index (χ0) is 15.5. The fraction of sp³-hybridized carbons (Fsp3) is 0.105. The minimum absolute atomic E-state index is 0.634. The van der Waals surface area contributed by atoms with Crippen molar-refractivity contribution >= 4 is 0 Å². The molecule has 0 amide bonds. The average Bonchev–Trinajstić information content (AvgIpc) is 2.55. The van der Waals surface area contributed by atoms with Crippen molar-refractivity contribution in [2.75, 3.05) is 0 Å². The molecule has 3 rings (SSSR count). The molecule has 3 aromatic rings. The molecular weight excluding hydrogens is 270 g/mol. The highest BCUT2D eigenvalue weighted by Crippen LogP contribution is 2.23. The van der Waals surface area contributed by atoms with E-state index < -0.39 is 0 Å². The van der Waals surface area contributed by atoms with Crippen LogP contribution < -0.4 is 0 Å². The molecule has 0 atom stereocenters. The average molecular weight is 285 g/mol. The number of nitriles is 1. The molecule has 22 heavy (non-hydrogen) atoms. The van der Waals surface area contributed by atoms with E-state index in [1.54, 1.807) is 12.1 Å². The molecule has 0 aliphatic rings. The van der Waals surface area contributed by atoms with Gasteiger partial charge in [-0.15, -0.1) is 0 Å². The smallest absolute Gasteiger partial charge is 0.160 e. The molecule has 0 N–H and O–H groups in total. The van der Waals surface area contributed by atoms with Crippen LogP contribution in [0.5, 0.6) is 0 Å². The molecule has 0 bridgehead atoms. The van der Waals surface area contributed by atoms with Gasteiger partial charge in [-0.2, -0.15) is 5.26 Å². The molecule has 1 aromatic heterocycles. The Kier molecular flexibility index (Phi) is 3.67. The second-order valence-electron chi connectivity index (χ2n) is 5.27. The normalized spacial score (nSPS) is 10.2. The van der Waals surface area contributed by atoms with Gasteiger partial charge in [-0.25, -0.2) is 9.97 Å². The second-order valence-corrected chi connectivity index (χ2v) is 5.27. The van der Waals surface area contributed by atoms with E-state index in [9.17, 15) is 0 Å². The van der Waals surface area contributed by atoms with Crippen LogP contribution in [0.15, 0.2) is 54.6 Å².